The van der Waals surface area contributed by atoms with E-state index in [4.69, 9.17) is 10.2 Å². The summed E-state index contributed by atoms with van der Waals surface area (Å²) in [6, 6.07) is 6.95. The van der Waals surface area contributed by atoms with Crippen molar-refractivity contribution in [2.75, 3.05) is 0 Å². The van der Waals surface area contributed by atoms with E-state index in [1.807, 2.05) is 18.2 Å². The molecule has 1 aliphatic carbocycles. The summed E-state index contributed by atoms with van der Waals surface area (Å²) in [4.78, 5) is 21.7. The summed E-state index contributed by atoms with van der Waals surface area (Å²) in [5, 5.41) is 17.8. The SMILES string of the molecule is O=C(O)CC1=CCCC(CCc2cccc(C(=O)O)c2)=C1. The topological polar surface area (TPSA) is 74.6 Å². The molecule has 0 radical (unpaired) electrons. The molecular formula is C17H18O4. The zero-order chi connectivity index (χ0) is 15.2. The molecule has 0 amide bonds. The maximum absolute atomic E-state index is 10.9. The van der Waals surface area contributed by atoms with E-state index in [0.29, 0.717) is 5.56 Å². The summed E-state index contributed by atoms with van der Waals surface area (Å²) < 4.78 is 0. The van der Waals surface area contributed by atoms with E-state index in [-0.39, 0.29) is 6.42 Å². The van der Waals surface area contributed by atoms with E-state index in [1.54, 1.807) is 18.2 Å². The highest BCUT2D eigenvalue weighted by Crippen LogP contribution is 2.23. The molecule has 0 bridgehead atoms. The van der Waals surface area contributed by atoms with Gasteiger partial charge in [0.1, 0.15) is 0 Å². The van der Waals surface area contributed by atoms with Gasteiger partial charge in [0.2, 0.25) is 0 Å². The molecule has 0 saturated heterocycles. The molecule has 0 fully saturated rings. The molecule has 0 aromatic heterocycles. The minimum atomic E-state index is -0.916. The van der Waals surface area contributed by atoms with Crippen molar-refractivity contribution in [1.29, 1.82) is 0 Å². The normalized spacial score (nSPS) is 14.3. The Kier molecular flexibility index (Phi) is 4.93. The van der Waals surface area contributed by atoms with Crippen molar-refractivity contribution in [1.82, 2.24) is 0 Å². The van der Waals surface area contributed by atoms with E-state index in [9.17, 15) is 9.59 Å². The van der Waals surface area contributed by atoms with Crippen LogP contribution in [0.5, 0.6) is 0 Å². The first-order valence-electron chi connectivity index (χ1n) is 6.97. The molecule has 1 aromatic carbocycles. The average molecular weight is 286 g/mol. The first-order valence-corrected chi connectivity index (χ1v) is 6.97. The third-order valence-electron chi connectivity index (χ3n) is 3.53. The fourth-order valence-corrected chi connectivity index (χ4v) is 2.50. The average Bonchev–Trinajstić information content (AvgIpc) is 2.45. The molecule has 0 heterocycles. The number of benzene rings is 1. The van der Waals surface area contributed by atoms with Crippen LogP contribution in [0.2, 0.25) is 0 Å². The van der Waals surface area contributed by atoms with Crippen LogP contribution in [0.25, 0.3) is 0 Å². The lowest BCUT2D eigenvalue weighted by Gasteiger charge is -2.13. The molecule has 4 nitrogen and oxygen atoms in total. The predicted octanol–water partition coefficient (Wildman–Crippen LogP) is 3.44. The minimum Gasteiger partial charge on any atom is -0.481 e. The first kappa shape index (κ1) is 15.0. The van der Waals surface area contributed by atoms with Crippen LogP contribution < -0.4 is 0 Å². The van der Waals surface area contributed by atoms with Gasteiger partial charge in [-0.15, -0.1) is 0 Å². The Labute approximate surface area is 123 Å². The number of carbonyl (C=O) groups is 2. The number of allylic oxidation sites excluding steroid dienone is 3. The Morgan fingerprint density at radius 1 is 1.14 bits per heavy atom. The third-order valence-corrected chi connectivity index (χ3v) is 3.53. The van der Waals surface area contributed by atoms with E-state index in [1.165, 1.54) is 5.57 Å². The second-order valence-corrected chi connectivity index (χ2v) is 5.20. The molecule has 110 valence electrons. The highest BCUT2D eigenvalue weighted by molar-refractivity contribution is 5.87. The smallest absolute Gasteiger partial charge is 0.335 e. The summed E-state index contributed by atoms with van der Waals surface area (Å²) >= 11 is 0. The number of aliphatic carboxylic acids is 1. The molecule has 21 heavy (non-hydrogen) atoms. The summed E-state index contributed by atoms with van der Waals surface area (Å²) in [7, 11) is 0. The van der Waals surface area contributed by atoms with Crippen molar-refractivity contribution in [3.63, 3.8) is 0 Å². The van der Waals surface area contributed by atoms with Crippen molar-refractivity contribution in [2.24, 2.45) is 0 Å². The molecule has 1 aliphatic rings. The lowest BCUT2D eigenvalue weighted by molar-refractivity contribution is -0.136. The quantitative estimate of drug-likeness (QED) is 0.840. The summed E-state index contributed by atoms with van der Waals surface area (Å²) in [6.45, 7) is 0. The highest BCUT2D eigenvalue weighted by Gasteiger charge is 2.09. The van der Waals surface area contributed by atoms with Crippen molar-refractivity contribution in [3.05, 3.63) is 58.7 Å². The van der Waals surface area contributed by atoms with Crippen LogP contribution in [0, 0.1) is 0 Å². The zero-order valence-corrected chi connectivity index (χ0v) is 11.7. The Balaban J connectivity index is 1.98. The van der Waals surface area contributed by atoms with E-state index >= 15 is 0 Å². The Hall–Kier alpha value is -2.36. The van der Waals surface area contributed by atoms with Gasteiger partial charge in [0.05, 0.1) is 12.0 Å². The van der Waals surface area contributed by atoms with Gasteiger partial charge >= 0.3 is 11.9 Å². The fraction of sp³-hybridized carbons (Fsp3) is 0.294. The van der Waals surface area contributed by atoms with Gasteiger partial charge in [0.15, 0.2) is 0 Å². The first-order chi connectivity index (χ1) is 10.0. The Morgan fingerprint density at radius 2 is 1.95 bits per heavy atom. The zero-order valence-electron chi connectivity index (χ0n) is 11.7. The summed E-state index contributed by atoms with van der Waals surface area (Å²) in [5.74, 6) is -1.73. The lowest BCUT2D eigenvalue weighted by Crippen LogP contribution is -2.01. The van der Waals surface area contributed by atoms with Gasteiger partial charge in [0.25, 0.3) is 0 Å². The molecule has 0 aliphatic heterocycles. The molecule has 0 saturated carbocycles. The van der Waals surface area contributed by atoms with Gasteiger partial charge < -0.3 is 10.2 Å². The van der Waals surface area contributed by atoms with Gasteiger partial charge in [-0.1, -0.05) is 29.9 Å². The Bertz CT molecular complexity index is 611. The van der Waals surface area contributed by atoms with Crippen molar-refractivity contribution in [2.45, 2.75) is 32.1 Å². The van der Waals surface area contributed by atoms with Crippen LogP contribution in [0.3, 0.4) is 0 Å². The molecule has 0 spiro atoms. The number of aryl methyl sites for hydroxylation is 1. The number of aromatic carboxylic acids is 1. The van der Waals surface area contributed by atoms with Crippen molar-refractivity contribution < 1.29 is 19.8 Å². The molecule has 1 aromatic rings. The van der Waals surface area contributed by atoms with Crippen LogP contribution >= 0.6 is 0 Å². The van der Waals surface area contributed by atoms with Crippen LogP contribution in [0.15, 0.2) is 47.6 Å². The highest BCUT2D eigenvalue weighted by atomic mass is 16.4. The number of carboxylic acids is 2. The van der Waals surface area contributed by atoms with Crippen LogP contribution in [0.1, 0.15) is 41.6 Å². The number of hydrogen-bond donors (Lipinski definition) is 2. The van der Waals surface area contributed by atoms with Crippen LogP contribution in [0.4, 0.5) is 0 Å². The fourth-order valence-electron chi connectivity index (χ4n) is 2.50. The summed E-state index contributed by atoms with van der Waals surface area (Å²) in [5.41, 5.74) is 3.39. The maximum Gasteiger partial charge on any atom is 0.335 e. The molecule has 0 unspecified atom stereocenters. The molecular weight excluding hydrogens is 268 g/mol. The number of carboxylic acid groups (broad SMARTS) is 2. The summed E-state index contributed by atoms with van der Waals surface area (Å²) in [6.07, 6.45) is 7.44. The van der Waals surface area contributed by atoms with Gasteiger partial charge in [0, 0.05) is 0 Å². The molecule has 2 rings (SSSR count). The monoisotopic (exact) mass is 286 g/mol. The second kappa shape index (κ2) is 6.88. The van der Waals surface area contributed by atoms with Gasteiger partial charge in [-0.3, -0.25) is 4.79 Å². The van der Waals surface area contributed by atoms with Crippen molar-refractivity contribution >= 4 is 11.9 Å². The van der Waals surface area contributed by atoms with Gasteiger partial charge in [-0.25, -0.2) is 4.79 Å². The van der Waals surface area contributed by atoms with Gasteiger partial charge in [-0.05, 0) is 49.0 Å². The molecule has 4 heteroatoms. The van der Waals surface area contributed by atoms with E-state index in [2.05, 4.69) is 0 Å². The van der Waals surface area contributed by atoms with Crippen LogP contribution in [-0.2, 0) is 11.2 Å². The van der Waals surface area contributed by atoms with E-state index < -0.39 is 11.9 Å². The number of rotatable bonds is 6. The largest absolute Gasteiger partial charge is 0.481 e. The lowest BCUT2D eigenvalue weighted by atomic mass is 9.93. The standard InChI is InChI=1S/C17H18O4/c18-16(19)11-14-5-1-3-12(9-14)7-8-13-4-2-6-15(10-13)17(20)21/h2,4-6,9-10H,1,3,7-8,11H2,(H,18,19)(H,20,21). The molecule has 0 atom stereocenters. The Morgan fingerprint density at radius 3 is 2.67 bits per heavy atom. The predicted molar refractivity (Wildman–Crippen MR) is 79.4 cm³/mol. The maximum atomic E-state index is 10.9. The third kappa shape index (κ3) is 4.60. The molecule has 2 N–H and O–H groups in total. The second-order valence-electron chi connectivity index (χ2n) is 5.20. The number of hydrogen-bond acceptors (Lipinski definition) is 2. The van der Waals surface area contributed by atoms with Gasteiger partial charge in [-0.2, -0.15) is 0 Å². The van der Waals surface area contributed by atoms with Crippen molar-refractivity contribution in [3.8, 4) is 0 Å². The minimum absolute atomic E-state index is 0.0675. The van der Waals surface area contributed by atoms with Crippen LogP contribution in [-0.4, -0.2) is 22.2 Å². The van der Waals surface area contributed by atoms with E-state index in [0.717, 1.165) is 36.8 Å².